The van der Waals surface area contributed by atoms with Gasteiger partial charge >= 0.3 is 0 Å². The Hall–Kier alpha value is 0.0469. The van der Waals surface area contributed by atoms with E-state index in [2.05, 4.69) is 57.0 Å². The Labute approximate surface area is 141 Å². The van der Waals surface area contributed by atoms with Gasteiger partial charge in [-0.2, -0.15) is 0 Å². The van der Waals surface area contributed by atoms with Gasteiger partial charge in [0.1, 0.15) is 5.03 Å². The van der Waals surface area contributed by atoms with Gasteiger partial charge in [0.25, 0.3) is 0 Å². The van der Waals surface area contributed by atoms with Gasteiger partial charge in [0.15, 0.2) is 13.3 Å². The van der Waals surface area contributed by atoms with Crippen molar-refractivity contribution in [3.8, 4) is 0 Å². The van der Waals surface area contributed by atoms with E-state index < -0.39 is 8.32 Å². The molecule has 0 amide bonds. The molecule has 0 aliphatic carbocycles. The summed E-state index contributed by atoms with van der Waals surface area (Å²) in [4.78, 5) is 5.79. The van der Waals surface area contributed by atoms with Gasteiger partial charge in [-0.3, -0.25) is 4.40 Å². The maximum absolute atomic E-state index is 6.26. The molecule has 0 aromatic carbocycles. The third kappa shape index (κ3) is 3.52. The maximum atomic E-state index is 6.26. The number of fused-ring (bicyclic) bond motifs is 1. The first-order valence-corrected chi connectivity index (χ1v) is 13.1. The highest BCUT2D eigenvalue weighted by molar-refractivity contribution is 8.03. The summed E-state index contributed by atoms with van der Waals surface area (Å²) in [6.07, 6.45) is 6.37. The molecule has 0 radical (unpaired) electrons. The summed E-state index contributed by atoms with van der Waals surface area (Å²) in [6.45, 7) is 12.0. The number of thiazole rings is 1. The van der Waals surface area contributed by atoms with E-state index in [4.69, 9.17) is 9.41 Å². The summed E-state index contributed by atoms with van der Waals surface area (Å²) in [6, 6.07) is 0. The van der Waals surface area contributed by atoms with Crippen LogP contribution in [-0.4, -0.2) is 30.2 Å². The number of nitrogens with zero attached hydrogens (tertiary/aromatic N) is 2. The van der Waals surface area contributed by atoms with Crippen molar-refractivity contribution >= 4 is 48.1 Å². The molecular formula is C14H24N2OS3Si. The second kappa shape index (κ2) is 6.27. The van der Waals surface area contributed by atoms with Gasteiger partial charge in [0.05, 0.1) is 16.5 Å². The first-order chi connectivity index (χ1) is 9.69. The largest absolute Gasteiger partial charge is 0.411 e. The van der Waals surface area contributed by atoms with Crippen LogP contribution in [0.4, 0.5) is 0 Å². The molecule has 0 aliphatic rings. The fraction of sp³-hybridized carbons (Fsp3) is 0.643. The van der Waals surface area contributed by atoms with Crippen LogP contribution < -0.4 is 0 Å². The Morgan fingerprint density at radius 1 is 1.29 bits per heavy atom. The molecule has 2 heterocycles. The lowest BCUT2D eigenvalue weighted by molar-refractivity contribution is 0.272. The normalized spacial score (nSPS) is 13.3. The minimum Gasteiger partial charge on any atom is -0.411 e. The van der Waals surface area contributed by atoms with E-state index in [0.717, 1.165) is 10.7 Å². The Bertz CT molecular complexity index is 628. The van der Waals surface area contributed by atoms with E-state index in [1.54, 1.807) is 34.9 Å². The topological polar surface area (TPSA) is 26.5 Å². The van der Waals surface area contributed by atoms with Gasteiger partial charge in [-0.05, 0) is 30.6 Å². The molecule has 0 spiro atoms. The zero-order valence-corrected chi connectivity index (χ0v) is 17.3. The molecule has 2 aromatic heterocycles. The standard InChI is InChI=1S/C14H24N2OS3Si/c1-14(2,3)21(6,7)17-9-10-8-16-11(18-4)12(19-5)20-13(16)15-10/h8H,9H2,1-7H3. The van der Waals surface area contributed by atoms with Crippen LogP contribution in [0.5, 0.6) is 0 Å². The van der Waals surface area contributed by atoms with Crippen molar-refractivity contribution in [2.45, 2.75) is 54.7 Å². The molecule has 118 valence electrons. The molecule has 3 nitrogen and oxygen atoms in total. The molecule has 2 aromatic rings. The van der Waals surface area contributed by atoms with Crippen molar-refractivity contribution in [3.05, 3.63) is 11.9 Å². The van der Waals surface area contributed by atoms with Gasteiger partial charge in [0.2, 0.25) is 0 Å². The number of rotatable bonds is 5. The SMILES string of the molecule is CSc1sc2nc(CO[Si](C)(C)C(C)(C)C)cn2c1SC. The Morgan fingerprint density at radius 2 is 1.95 bits per heavy atom. The van der Waals surface area contributed by atoms with Crippen molar-refractivity contribution in [1.82, 2.24) is 9.38 Å². The highest BCUT2D eigenvalue weighted by Crippen LogP contribution is 2.38. The monoisotopic (exact) mass is 360 g/mol. The van der Waals surface area contributed by atoms with Crippen molar-refractivity contribution in [2.24, 2.45) is 0 Å². The first-order valence-electron chi connectivity index (χ1n) is 6.92. The Kier molecular flexibility index (Phi) is 5.20. The predicted molar refractivity (Wildman–Crippen MR) is 98.6 cm³/mol. The van der Waals surface area contributed by atoms with Gasteiger partial charge in [-0.25, -0.2) is 4.98 Å². The smallest absolute Gasteiger partial charge is 0.195 e. The van der Waals surface area contributed by atoms with Crippen LogP contribution in [0, 0.1) is 0 Å². The minimum atomic E-state index is -1.71. The molecule has 2 rings (SSSR count). The van der Waals surface area contributed by atoms with Gasteiger partial charge in [-0.15, -0.1) is 23.5 Å². The second-order valence-corrected chi connectivity index (χ2v) is 14.2. The molecule has 0 atom stereocenters. The van der Waals surface area contributed by atoms with Gasteiger partial charge in [0, 0.05) is 6.20 Å². The highest BCUT2D eigenvalue weighted by Gasteiger charge is 2.37. The summed E-state index contributed by atoms with van der Waals surface area (Å²) in [5.41, 5.74) is 1.04. The minimum absolute atomic E-state index is 0.237. The van der Waals surface area contributed by atoms with E-state index in [1.165, 1.54) is 9.24 Å². The molecule has 0 aliphatic heterocycles. The fourth-order valence-corrected chi connectivity index (χ4v) is 5.67. The number of imidazole rings is 1. The molecular weight excluding hydrogens is 336 g/mol. The van der Waals surface area contributed by atoms with E-state index in [9.17, 15) is 0 Å². The van der Waals surface area contributed by atoms with Crippen LogP contribution in [0.15, 0.2) is 15.4 Å². The van der Waals surface area contributed by atoms with Crippen LogP contribution in [0.1, 0.15) is 26.5 Å². The molecule has 0 saturated carbocycles. The molecule has 0 N–H and O–H groups in total. The summed E-state index contributed by atoms with van der Waals surface area (Å²) < 4.78 is 9.80. The zero-order chi connectivity index (χ0) is 15.8. The van der Waals surface area contributed by atoms with Crippen LogP contribution in [-0.2, 0) is 11.0 Å². The first kappa shape index (κ1) is 17.4. The third-order valence-corrected chi connectivity index (χ3v) is 11.8. The van der Waals surface area contributed by atoms with E-state index >= 15 is 0 Å². The zero-order valence-electron chi connectivity index (χ0n) is 13.8. The number of hydrogen-bond acceptors (Lipinski definition) is 5. The summed E-state index contributed by atoms with van der Waals surface area (Å²) in [5, 5.41) is 1.52. The van der Waals surface area contributed by atoms with Crippen LogP contribution in [0.25, 0.3) is 4.96 Å². The molecule has 0 saturated heterocycles. The van der Waals surface area contributed by atoms with Crippen LogP contribution in [0.2, 0.25) is 18.1 Å². The lowest BCUT2D eigenvalue weighted by Gasteiger charge is -2.35. The lowest BCUT2D eigenvalue weighted by atomic mass is 10.2. The van der Waals surface area contributed by atoms with Crippen LogP contribution in [0.3, 0.4) is 0 Å². The number of hydrogen-bond donors (Lipinski definition) is 0. The van der Waals surface area contributed by atoms with E-state index in [0.29, 0.717) is 6.61 Å². The maximum Gasteiger partial charge on any atom is 0.195 e. The van der Waals surface area contributed by atoms with Gasteiger partial charge < -0.3 is 4.43 Å². The molecule has 0 unspecified atom stereocenters. The molecule has 0 fully saturated rings. The van der Waals surface area contributed by atoms with Crippen LogP contribution >= 0.6 is 34.9 Å². The van der Waals surface area contributed by atoms with E-state index in [1.807, 2.05) is 0 Å². The Balaban J connectivity index is 2.19. The Morgan fingerprint density at radius 3 is 2.48 bits per heavy atom. The molecule has 21 heavy (non-hydrogen) atoms. The van der Waals surface area contributed by atoms with E-state index in [-0.39, 0.29) is 5.04 Å². The molecule has 0 bridgehead atoms. The van der Waals surface area contributed by atoms with Gasteiger partial charge in [-0.1, -0.05) is 32.1 Å². The summed E-state index contributed by atoms with van der Waals surface area (Å²) in [7, 11) is -1.71. The fourth-order valence-electron chi connectivity index (χ4n) is 1.70. The summed E-state index contributed by atoms with van der Waals surface area (Å²) in [5.74, 6) is 0. The molecule has 7 heteroatoms. The second-order valence-electron chi connectivity index (χ2n) is 6.54. The van der Waals surface area contributed by atoms with Crippen molar-refractivity contribution in [2.75, 3.05) is 12.5 Å². The lowest BCUT2D eigenvalue weighted by Crippen LogP contribution is -2.40. The quantitative estimate of drug-likeness (QED) is 0.529. The van der Waals surface area contributed by atoms with Crippen molar-refractivity contribution in [3.63, 3.8) is 0 Å². The predicted octanol–water partition coefficient (Wildman–Crippen LogP) is 5.36. The van der Waals surface area contributed by atoms with Crippen molar-refractivity contribution in [1.29, 1.82) is 0 Å². The number of thioether (sulfide) groups is 2. The third-order valence-electron chi connectivity index (χ3n) is 4.07. The van der Waals surface area contributed by atoms with Crippen molar-refractivity contribution < 1.29 is 4.43 Å². The summed E-state index contributed by atoms with van der Waals surface area (Å²) >= 11 is 5.33. The average Bonchev–Trinajstić information content (AvgIpc) is 2.90. The number of aromatic nitrogens is 2. The average molecular weight is 361 g/mol. The highest BCUT2D eigenvalue weighted by atomic mass is 32.2.